The quantitative estimate of drug-likeness (QED) is 0.383. The van der Waals surface area contributed by atoms with Gasteiger partial charge in [0.2, 0.25) is 0 Å². The Morgan fingerprint density at radius 2 is 0.958 bits per heavy atom. The molecule has 6 heteroatoms. The Labute approximate surface area is 147 Å². The maximum atomic E-state index is 12.4. The van der Waals surface area contributed by atoms with Crippen LogP contribution in [0.3, 0.4) is 0 Å². The molecule has 4 nitrogen and oxygen atoms in total. The van der Waals surface area contributed by atoms with Gasteiger partial charge in [-0.2, -0.15) is 0 Å². The zero-order chi connectivity index (χ0) is 17.1. The van der Waals surface area contributed by atoms with Crippen molar-refractivity contribution >= 4 is 56.7 Å². The molecule has 3 rings (SSSR count). The third-order valence-electron chi connectivity index (χ3n) is 3.71. The zero-order valence-electron chi connectivity index (χ0n) is 12.4. The molecule has 122 valence electrons. The summed E-state index contributed by atoms with van der Waals surface area (Å²) in [5.41, 5.74) is 0.730. The number of hydrogen-bond donors (Lipinski definition) is 0. The van der Waals surface area contributed by atoms with Crippen LogP contribution < -0.4 is 0 Å². The summed E-state index contributed by atoms with van der Waals surface area (Å²) in [4.78, 5) is 24.9. The lowest BCUT2D eigenvalue weighted by Crippen LogP contribution is -2.10. The smallest absolute Gasteiger partial charge is 0.340 e. The fourth-order valence-electron chi connectivity index (χ4n) is 2.81. The molecule has 0 fully saturated rings. The second-order valence-corrected chi connectivity index (χ2v) is 5.36. The van der Waals surface area contributed by atoms with Gasteiger partial charge in [0, 0.05) is 0 Å². The van der Waals surface area contributed by atoms with Crippen LogP contribution in [0, 0.1) is 0 Å². The fourth-order valence-corrected chi connectivity index (χ4v) is 3.01. The molecule has 0 saturated carbocycles. The number of alkyl halides is 2. The minimum atomic E-state index is -0.547. The van der Waals surface area contributed by atoms with E-state index in [9.17, 15) is 9.59 Å². The van der Waals surface area contributed by atoms with Crippen LogP contribution in [0.4, 0.5) is 0 Å². The molecule has 3 aromatic rings. The van der Waals surface area contributed by atoms with Crippen molar-refractivity contribution in [1.82, 2.24) is 0 Å². The minimum Gasteiger partial charge on any atom is -0.446 e. The van der Waals surface area contributed by atoms with Gasteiger partial charge in [0.1, 0.15) is 0 Å². The summed E-state index contributed by atoms with van der Waals surface area (Å²) >= 11 is 11.1. The summed E-state index contributed by atoms with van der Waals surface area (Å²) in [6.45, 7) is 0. The van der Waals surface area contributed by atoms with Gasteiger partial charge in [-0.05, 0) is 21.5 Å². The van der Waals surface area contributed by atoms with Gasteiger partial charge in [-0.15, -0.1) is 0 Å². The second kappa shape index (κ2) is 7.07. The SMILES string of the molecule is O=C(OCCl)c1c2ccccc2c(C(=O)OCCl)c2ccccc12. The molecule has 0 aliphatic carbocycles. The van der Waals surface area contributed by atoms with E-state index in [1.54, 1.807) is 48.5 Å². The molecule has 0 saturated heterocycles. The molecule has 0 aliphatic heterocycles. The molecule has 0 N–H and O–H groups in total. The molecule has 0 spiro atoms. The van der Waals surface area contributed by atoms with Crippen molar-refractivity contribution in [3.05, 3.63) is 59.7 Å². The molecule has 0 atom stereocenters. The molecular formula is C18H12Cl2O4. The number of carbonyl (C=O) groups is 2. The van der Waals surface area contributed by atoms with Crippen molar-refractivity contribution in [1.29, 1.82) is 0 Å². The van der Waals surface area contributed by atoms with Crippen LogP contribution in [0.2, 0.25) is 0 Å². The molecular weight excluding hydrogens is 351 g/mol. The number of benzene rings is 3. The van der Waals surface area contributed by atoms with Crippen LogP contribution in [0.5, 0.6) is 0 Å². The summed E-state index contributed by atoms with van der Waals surface area (Å²) in [7, 11) is 0. The molecule has 24 heavy (non-hydrogen) atoms. The van der Waals surface area contributed by atoms with E-state index in [-0.39, 0.29) is 12.1 Å². The van der Waals surface area contributed by atoms with Gasteiger partial charge in [-0.1, -0.05) is 71.7 Å². The Kier molecular flexibility index (Phi) is 4.88. The van der Waals surface area contributed by atoms with Crippen LogP contribution in [-0.4, -0.2) is 24.1 Å². The van der Waals surface area contributed by atoms with E-state index in [2.05, 4.69) is 0 Å². The lowest BCUT2D eigenvalue weighted by atomic mass is 9.91. The fraction of sp³-hybridized carbons (Fsp3) is 0.111. The Morgan fingerprint density at radius 3 is 1.21 bits per heavy atom. The van der Waals surface area contributed by atoms with E-state index in [1.807, 2.05) is 0 Å². The lowest BCUT2D eigenvalue weighted by molar-refractivity contribution is 0.0566. The maximum absolute atomic E-state index is 12.4. The van der Waals surface area contributed by atoms with E-state index >= 15 is 0 Å². The van der Waals surface area contributed by atoms with Crippen LogP contribution in [0.15, 0.2) is 48.5 Å². The lowest BCUT2D eigenvalue weighted by Gasteiger charge is -2.14. The average Bonchev–Trinajstić information content (AvgIpc) is 2.59. The van der Waals surface area contributed by atoms with Gasteiger partial charge in [-0.3, -0.25) is 0 Å². The standard InChI is InChI=1S/C18H12Cl2O4/c19-9-23-17(21)15-11-5-1-2-6-12(11)16(18(22)24-10-20)14-8-4-3-7-13(14)15/h1-8H,9-10H2. The number of hydrogen-bond acceptors (Lipinski definition) is 4. The monoisotopic (exact) mass is 362 g/mol. The first-order valence-corrected chi connectivity index (χ1v) is 8.15. The van der Waals surface area contributed by atoms with Gasteiger partial charge < -0.3 is 9.47 Å². The largest absolute Gasteiger partial charge is 0.446 e. The van der Waals surface area contributed by atoms with Crippen LogP contribution in [0.1, 0.15) is 20.7 Å². The molecule has 0 amide bonds. The summed E-state index contributed by atoms with van der Waals surface area (Å²) in [6.07, 6.45) is 0. The number of halogens is 2. The number of carbonyl (C=O) groups excluding carboxylic acids is 2. The van der Waals surface area contributed by atoms with E-state index < -0.39 is 11.9 Å². The first-order valence-electron chi connectivity index (χ1n) is 7.08. The number of ether oxygens (including phenoxy) is 2. The normalized spacial score (nSPS) is 10.8. The third kappa shape index (κ3) is 2.79. The molecule has 0 bridgehead atoms. The zero-order valence-corrected chi connectivity index (χ0v) is 13.9. The molecule has 0 unspecified atom stereocenters. The van der Waals surface area contributed by atoms with Gasteiger partial charge in [0.15, 0.2) is 12.1 Å². The highest BCUT2D eigenvalue weighted by molar-refractivity contribution is 6.25. The summed E-state index contributed by atoms with van der Waals surface area (Å²) in [5, 5.41) is 2.36. The molecule has 0 radical (unpaired) electrons. The maximum Gasteiger partial charge on any atom is 0.340 e. The van der Waals surface area contributed by atoms with Crippen molar-refractivity contribution in [3.8, 4) is 0 Å². The molecule has 0 aromatic heterocycles. The predicted molar refractivity (Wildman–Crippen MR) is 93.7 cm³/mol. The van der Waals surface area contributed by atoms with Crippen molar-refractivity contribution in [2.45, 2.75) is 0 Å². The first-order chi connectivity index (χ1) is 11.7. The van der Waals surface area contributed by atoms with Crippen LogP contribution in [-0.2, 0) is 9.47 Å². The van der Waals surface area contributed by atoms with E-state index in [4.69, 9.17) is 32.7 Å². The van der Waals surface area contributed by atoms with Crippen molar-refractivity contribution in [2.24, 2.45) is 0 Å². The molecule has 0 aliphatic rings. The molecule has 3 aromatic carbocycles. The number of fused-ring (bicyclic) bond motifs is 2. The predicted octanol–water partition coefficient (Wildman–Crippen LogP) is 4.70. The van der Waals surface area contributed by atoms with Gasteiger partial charge >= 0.3 is 11.9 Å². The highest BCUT2D eigenvalue weighted by Gasteiger charge is 2.23. The second-order valence-electron chi connectivity index (χ2n) is 4.92. The minimum absolute atomic E-state index is 0.252. The van der Waals surface area contributed by atoms with E-state index in [0.717, 1.165) is 0 Å². The topological polar surface area (TPSA) is 52.6 Å². The van der Waals surface area contributed by atoms with Gasteiger partial charge in [0.05, 0.1) is 11.1 Å². The summed E-state index contributed by atoms with van der Waals surface area (Å²) in [5.74, 6) is -1.09. The van der Waals surface area contributed by atoms with E-state index in [0.29, 0.717) is 32.7 Å². The third-order valence-corrected chi connectivity index (χ3v) is 3.93. The van der Waals surface area contributed by atoms with Crippen molar-refractivity contribution < 1.29 is 19.1 Å². The average molecular weight is 363 g/mol. The summed E-state index contributed by atoms with van der Waals surface area (Å²) in [6, 6.07) is 13.6. The highest BCUT2D eigenvalue weighted by Crippen LogP contribution is 2.34. The molecule has 0 heterocycles. The summed E-state index contributed by atoms with van der Waals surface area (Å²) < 4.78 is 9.96. The van der Waals surface area contributed by atoms with Gasteiger partial charge in [0.25, 0.3) is 0 Å². The Balaban J connectivity index is 2.46. The Bertz CT molecular complexity index is 804. The Hall–Kier alpha value is -2.30. The highest BCUT2D eigenvalue weighted by atomic mass is 35.5. The number of esters is 2. The van der Waals surface area contributed by atoms with Crippen molar-refractivity contribution in [3.63, 3.8) is 0 Å². The van der Waals surface area contributed by atoms with Crippen LogP contribution >= 0.6 is 23.2 Å². The van der Waals surface area contributed by atoms with Gasteiger partial charge in [-0.25, -0.2) is 9.59 Å². The van der Waals surface area contributed by atoms with E-state index in [1.165, 1.54) is 0 Å². The van der Waals surface area contributed by atoms with Crippen molar-refractivity contribution in [2.75, 3.05) is 12.1 Å². The number of rotatable bonds is 4. The van der Waals surface area contributed by atoms with Crippen LogP contribution in [0.25, 0.3) is 21.5 Å². The Morgan fingerprint density at radius 1 is 0.667 bits per heavy atom. The first kappa shape index (κ1) is 16.6.